The predicted octanol–water partition coefficient (Wildman–Crippen LogP) is 0.779. The van der Waals surface area contributed by atoms with E-state index in [0.29, 0.717) is 25.1 Å². The van der Waals surface area contributed by atoms with Crippen LogP contribution in [0.3, 0.4) is 0 Å². The number of amides is 1. The zero-order valence-corrected chi connectivity index (χ0v) is 15.4. The van der Waals surface area contributed by atoms with E-state index in [2.05, 4.69) is 9.62 Å². The molecule has 0 bridgehead atoms. The number of carbonyl (C=O) groups is 1. The molecule has 1 aromatic rings. The molecule has 25 heavy (non-hydrogen) atoms. The van der Waals surface area contributed by atoms with Crippen LogP contribution in [0.2, 0.25) is 0 Å². The van der Waals surface area contributed by atoms with Crippen molar-refractivity contribution in [2.75, 3.05) is 33.7 Å². The molecule has 8 heteroatoms. The first-order valence-electron chi connectivity index (χ1n) is 8.30. The van der Waals surface area contributed by atoms with Crippen LogP contribution in [0.4, 0.5) is 0 Å². The maximum Gasteiger partial charge on any atom is 0.240 e. The quantitative estimate of drug-likeness (QED) is 0.722. The first-order chi connectivity index (χ1) is 11.8. The van der Waals surface area contributed by atoms with Gasteiger partial charge in [-0.05, 0) is 50.1 Å². The Bertz CT molecular complexity index is 738. The van der Waals surface area contributed by atoms with E-state index in [1.54, 1.807) is 19.0 Å². The second kappa shape index (κ2) is 8.43. The fraction of sp³-hybridized carbons (Fsp3) is 0.529. The van der Waals surface area contributed by atoms with E-state index in [-0.39, 0.29) is 16.8 Å². The monoisotopic (exact) mass is 364 g/mol. The van der Waals surface area contributed by atoms with Crippen molar-refractivity contribution >= 4 is 15.9 Å². The van der Waals surface area contributed by atoms with Crippen molar-refractivity contribution in [1.29, 1.82) is 5.26 Å². The summed E-state index contributed by atoms with van der Waals surface area (Å²) in [5, 5.41) is 8.76. The lowest BCUT2D eigenvalue weighted by Crippen LogP contribution is -2.43. The zero-order chi connectivity index (χ0) is 18.4. The van der Waals surface area contributed by atoms with Gasteiger partial charge in [0.1, 0.15) is 0 Å². The molecule has 1 heterocycles. The Morgan fingerprint density at radius 3 is 2.64 bits per heavy atom. The summed E-state index contributed by atoms with van der Waals surface area (Å²) >= 11 is 0. The second-order valence-electron chi connectivity index (χ2n) is 6.31. The summed E-state index contributed by atoms with van der Waals surface area (Å²) in [4.78, 5) is 16.0. The van der Waals surface area contributed by atoms with Gasteiger partial charge in [-0.1, -0.05) is 0 Å². The smallest absolute Gasteiger partial charge is 0.240 e. The standard InChI is InChI=1S/C17H24N4O3S/c1-20(2)17(22)16-5-3-11-21(16)12-4-10-19-25(23,24)15-8-6-14(13-18)7-9-15/h6-9,16,19H,3-5,10-12H2,1-2H3/t16-/m0/s1. The highest BCUT2D eigenvalue weighted by Gasteiger charge is 2.31. The van der Waals surface area contributed by atoms with Crippen LogP contribution in [0, 0.1) is 11.3 Å². The summed E-state index contributed by atoms with van der Waals surface area (Å²) < 4.78 is 27.0. The van der Waals surface area contributed by atoms with Gasteiger partial charge in [0.15, 0.2) is 0 Å². The number of hydrogen-bond donors (Lipinski definition) is 1. The van der Waals surface area contributed by atoms with E-state index in [1.807, 2.05) is 6.07 Å². The molecule has 0 radical (unpaired) electrons. The highest BCUT2D eigenvalue weighted by Crippen LogP contribution is 2.18. The molecule has 1 aliphatic rings. The summed E-state index contributed by atoms with van der Waals surface area (Å²) in [7, 11) is -0.0684. The van der Waals surface area contributed by atoms with Crippen LogP contribution < -0.4 is 4.72 Å². The lowest BCUT2D eigenvalue weighted by atomic mass is 10.2. The predicted molar refractivity (Wildman–Crippen MR) is 94.3 cm³/mol. The van der Waals surface area contributed by atoms with Crippen molar-refractivity contribution in [2.45, 2.75) is 30.2 Å². The second-order valence-corrected chi connectivity index (χ2v) is 8.08. The van der Waals surface area contributed by atoms with Crippen LogP contribution in [0.5, 0.6) is 0 Å². The van der Waals surface area contributed by atoms with Crippen molar-refractivity contribution in [3.63, 3.8) is 0 Å². The Hall–Kier alpha value is -1.95. The van der Waals surface area contributed by atoms with E-state index in [0.717, 1.165) is 19.4 Å². The third-order valence-corrected chi connectivity index (χ3v) is 5.77. The highest BCUT2D eigenvalue weighted by atomic mass is 32.2. The molecule has 7 nitrogen and oxygen atoms in total. The summed E-state index contributed by atoms with van der Waals surface area (Å²) in [5.41, 5.74) is 0.421. The number of benzene rings is 1. The lowest BCUT2D eigenvalue weighted by Gasteiger charge is -2.26. The molecule has 1 aromatic carbocycles. The molecule has 0 saturated carbocycles. The van der Waals surface area contributed by atoms with Crippen LogP contribution in [-0.4, -0.2) is 63.9 Å². The van der Waals surface area contributed by atoms with Crippen molar-refractivity contribution in [3.05, 3.63) is 29.8 Å². The van der Waals surface area contributed by atoms with Crippen LogP contribution in [0.25, 0.3) is 0 Å². The number of sulfonamides is 1. The molecule has 1 aliphatic heterocycles. The van der Waals surface area contributed by atoms with Gasteiger partial charge in [-0.25, -0.2) is 13.1 Å². The van der Waals surface area contributed by atoms with Crippen LogP contribution in [0.15, 0.2) is 29.2 Å². The number of carbonyl (C=O) groups excluding carboxylic acids is 1. The normalized spacial score (nSPS) is 18.0. The molecular formula is C17H24N4O3S. The lowest BCUT2D eigenvalue weighted by molar-refractivity contribution is -0.133. The molecule has 2 rings (SSSR count). The summed E-state index contributed by atoms with van der Waals surface area (Å²) in [5.74, 6) is 0.107. The average Bonchev–Trinajstić information content (AvgIpc) is 3.06. The van der Waals surface area contributed by atoms with Gasteiger partial charge in [-0.15, -0.1) is 0 Å². The van der Waals surface area contributed by atoms with Crippen LogP contribution in [-0.2, 0) is 14.8 Å². The molecule has 1 atom stereocenters. The first-order valence-corrected chi connectivity index (χ1v) is 9.78. The maximum absolute atomic E-state index is 12.2. The van der Waals surface area contributed by atoms with Crippen molar-refractivity contribution in [1.82, 2.24) is 14.5 Å². The van der Waals surface area contributed by atoms with E-state index in [9.17, 15) is 13.2 Å². The Labute approximate surface area is 149 Å². The Morgan fingerprint density at radius 1 is 1.36 bits per heavy atom. The van der Waals surface area contributed by atoms with E-state index >= 15 is 0 Å². The number of likely N-dealkylation sites (tertiary alicyclic amines) is 1. The fourth-order valence-electron chi connectivity index (χ4n) is 2.95. The Balaban J connectivity index is 1.83. The van der Waals surface area contributed by atoms with E-state index in [4.69, 9.17) is 5.26 Å². The maximum atomic E-state index is 12.2. The van der Waals surface area contributed by atoms with Gasteiger partial charge in [0, 0.05) is 27.2 Å². The molecule has 0 aromatic heterocycles. The first kappa shape index (κ1) is 19.4. The Kier molecular flexibility index (Phi) is 6.53. The van der Waals surface area contributed by atoms with Gasteiger partial charge >= 0.3 is 0 Å². The van der Waals surface area contributed by atoms with Gasteiger partial charge in [0.25, 0.3) is 0 Å². The third-order valence-electron chi connectivity index (χ3n) is 4.30. The van der Waals surface area contributed by atoms with E-state index in [1.165, 1.54) is 24.3 Å². The van der Waals surface area contributed by atoms with Crippen molar-refractivity contribution in [2.24, 2.45) is 0 Å². The number of likely N-dealkylation sites (N-methyl/N-ethyl adjacent to an activating group) is 1. The molecule has 0 aliphatic carbocycles. The fourth-order valence-corrected chi connectivity index (χ4v) is 4.03. The minimum absolute atomic E-state index is 0.0925. The molecule has 1 amide bonds. The molecular weight excluding hydrogens is 340 g/mol. The zero-order valence-electron chi connectivity index (χ0n) is 14.6. The third kappa shape index (κ3) is 5.01. The molecule has 136 valence electrons. The summed E-state index contributed by atoms with van der Waals surface area (Å²) in [6.45, 7) is 1.86. The molecule has 1 fully saturated rings. The molecule has 0 unspecified atom stereocenters. The van der Waals surface area contributed by atoms with Crippen molar-refractivity contribution in [3.8, 4) is 6.07 Å². The van der Waals surface area contributed by atoms with Gasteiger partial charge in [-0.2, -0.15) is 5.26 Å². The number of hydrogen-bond acceptors (Lipinski definition) is 5. The summed E-state index contributed by atoms with van der Waals surface area (Å²) in [6.07, 6.45) is 2.47. The minimum Gasteiger partial charge on any atom is -0.347 e. The van der Waals surface area contributed by atoms with Crippen LogP contribution in [0.1, 0.15) is 24.8 Å². The van der Waals surface area contributed by atoms with Crippen molar-refractivity contribution < 1.29 is 13.2 Å². The van der Waals surface area contributed by atoms with Gasteiger partial charge in [-0.3, -0.25) is 9.69 Å². The molecule has 1 N–H and O–H groups in total. The molecule has 0 spiro atoms. The van der Waals surface area contributed by atoms with Gasteiger partial charge in [0.05, 0.1) is 22.6 Å². The van der Waals surface area contributed by atoms with Gasteiger partial charge < -0.3 is 4.90 Å². The average molecular weight is 364 g/mol. The number of nitrogens with zero attached hydrogens (tertiary/aromatic N) is 3. The number of nitrogens with one attached hydrogen (secondary N) is 1. The highest BCUT2D eigenvalue weighted by molar-refractivity contribution is 7.89. The SMILES string of the molecule is CN(C)C(=O)[C@@H]1CCCN1CCCNS(=O)(=O)c1ccc(C#N)cc1. The largest absolute Gasteiger partial charge is 0.347 e. The number of nitriles is 1. The number of rotatable bonds is 7. The van der Waals surface area contributed by atoms with Gasteiger partial charge in [0.2, 0.25) is 15.9 Å². The Morgan fingerprint density at radius 2 is 2.04 bits per heavy atom. The molecule has 1 saturated heterocycles. The topological polar surface area (TPSA) is 93.5 Å². The van der Waals surface area contributed by atoms with E-state index < -0.39 is 10.0 Å². The van der Waals surface area contributed by atoms with Crippen LogP contribution >= 0.6 is 0 Å². The minimum atomic E-state index is -3.58. The summed E-state index contributed by atoms with van der Waals surface area (Å²) in [6, 6.07) is 7.68.